The van der Waals surface area contributed by atoms with Gasteiger partial charge in [-0.2, -0.15) is 0 Å². The quantitative estimate of drug-likeness (QED) is 0.745. The predicted octanol–water partition coefficient (Wildman–Crippen LogP) is 2.27. The van der Waals surface area contributed by atoms with Crippen molar-refractivity contribution in [2.45, 2.75) is 25.8 Å². The maximum atomic E-state index is 13.0. The summed E-state index contributed by atoms with van der Waals surface area (Å²) in [4.78, 5) is 11.5. The van der Waals surface area contributed by atoms with Gasteiger partial charge in [0.25, 0.3) is 0 Å². The lowest BCUT2D eigenvalue weighted by Crippen LogP contribution is -2.39. The molecule has 0 heterocycles. The lowest BCUT2D eigenvalue weighted by molar-refractivity contribution is -0.143. The molecule has 0 aliphatic heterocycles. The molecule has 0 aliphatic rings. The summed E-state index contributed by atoms with van der Waals surface area (Å²) in [6.07, 6.45) is 1.23. The van der Waals surface area contributed by atoms with Gasteiger partial charge in [-0.25, -0.2) is 8.78 Å². The molecule has 0 saturated carbocycles. The fourth-order valence-electron chi connectivity index (χ4n) is 1.67. The Morgan fingerprint density at radius 2 is 1.95 bits per heavy atom. The molecule has 0 aromatic heterocycles. The summed E-state index contributed by atoms with van der Waals surface area (Å²) in [5.74, 6) is -1.68. The van der Waals surface area contributed by atoms with Crippen molar-refractivity contribution >= 4 is 5.97 Å². The molecule has 1 aromatic carbocycles. The fourth-order valence-corrected chi connectivity index (χ4v) is 1.67. The van der Waals surface area contributed by atoms with Crippen LogP contribution in [0.1, 0.15) is 19.8 Å². The number of carbonyl (C=O) groups is 1. The molecule has 112 valence electrons. The van der Waals surface area contributed by atoms with Crippen LogP contribution in [-0.2, 0) is 9.53 Å². The number of halogens is 2. The summed E-state index contributed by atoms with van der Waals surface area (Å²) in [6, 6.07) is 2.47. The second-order valence-corrected chi connectivity index (χ2v) is 4.27. The molecule has 0 aliphatic carbocycles. The van der Waals surface area contributed by atoms with Crippen LogP contribution in [0.5, 0.6) is 5.75 Å². The average molecular weight is 287 g/mol. The third-order valence-corrected chi connectivity index (χ3v) is 2.64. The van der Waals surface area contributed by atoms with Crippen molar-refractivity contribution in [3.05, 3.63) is 29.8 Å². The van der Waals surface area contributed by atoms with Gasteiger partial charge in [0.2, 0.25) is 0 Å². The van der Waals surface area contributed by atoms with Gasteiger partial charge < -0.3 is 14.8 Å². The molecule has 4 nitrogen and oxygen atoms in total. The van der Waals surface area contributed by atoms with Crippen molar-refractivity contribution in [2.24, 2.45) is 0 Å². The summed E-state index contributed by atoms with van der Waals surface area (Å²) in [7, 11) is 1.31. The highest BCUT2D eigenvalue weighted by Crippen LogP contribution is 2.15. The Balaban J connectivity index is 2.48. The molecule has 0 amide bonds. The van der Waals surface area contributed by atoms with E-state index in [0.717, 1.165) is 24.6 Å². The maximum Gasteiger partial charge on any atom is 0.322 e. The summed E-state index contributed by atoms with van der Waals surface area (Å²) in [5, 5.41) is 3.03. The highest BCUT2D eigenvalue weighted by molar-refractivity contribution is 5.75. The van der Waals surface area contributed by atoms with Crippen LogP contribution in [0, 0.1) is 11.6 Å². The van der Waals surface area contributed by atoms with E-state index in [9.17, 15) is 13.6 Å². The first-order valence-electron chi connectivity index (χ1n) is 6.47. The van der Waals surface area contributed by atoms with Gasteiger partial charge in [-0.1, -0.05) is 6.92 Å². The van der Waals surface area contributed by atoms with Gasteiger partial charge in [-0.3, -0.25) is 4.79 Å². The van der Waals surface area contributed by atoms with Gasteiger partial charge >= 0.3 is 5.97 Å². The van der Waals surface area contributed by atoms with Gasteiger partial charge in [0.05, 0.1) is 13.7 Å². The summed E-state index contributed by atoms with van der Waals surface area (Å²) in [6.45, 7) is 2.81. The topological polar surface area (TPSA) is 47.6 Å². The van der Waals surface area contributed by atoms with E-state index in [1.165, 1.54) is 7.11 Å². The summed E-state index contributed by atoms with van der Waals surface area (Å²) >= 11 is 0. The van der Waals surface area contributed by atoms with E-state index < -0.39 is 17.7 Å². The Morgan fingerprint density at radius 3 is 2.50 bits per heavy atom. The van der Waals surface area contributed by atoms with E-state index in [0.29, 0.717) is 13.0 Å². The van der Waals surface area contributed by atoms with Crippen LogP contribution in [0.15, 0.2) is 18.2 Å². The minimum absolute atomic E-state index is 0.0987. The molecular weight excluding hydrogens is 268 g/mol. The Bertz CT molecular complexity index is 420. The van der Waals surface area contributed by atoms with Crippen LogP contribution in [0.25, 0.3) is 0 Å². The second-order valence-electron chi connectivity index (χ2n) is 4.27. The number of hydrogen-bond acceptors (Lipinski definition) is 4. The monoisotopic (exact) mass is 287 g/mol. The molecule has 1 unspecified atom stereocenters. The Hall–Kier alpha value is -1.69. The molecule has 1 rings (SSSR count). The zero-order valence-corrected chi connectivity index (χ0v) is 11.6. The lowest BCUT2D eigenvalue weighted by Gasteiger charge is -2.16. The van der Waals surface area contributed by atoms with Crippen molar-refractivity contribution in [1.82, 2.24) is 5.32 Å². The maximum absolute atomic E-state index is 13.0. The van der Waals surface area contributed by atoms with E-state index in [1.54, 1.807) is 0 Å². The fraction of sp³-hybridized carbons (Fsp3) is 0.500. The second kappa shape index (κ2) is 8.47. The average Bonchev–Trinajstić information content (AvgIpc) is 2.40. The molecule has 20 heavy (non-hydrogen) atoms. The van der Waals surface area contributed by atoms with Crippen LogP contribution in [0.4, 0.5) is 8.78 Å². The molecule has 0 fully saturated rings. The Kier molecular flexibility index (Phi) is 6.93. The molecule has 1 aromatic rings. The highest BCUT2D eigenvalue weighted by Gasteiger charge is 2.18. The van der Waals surface area contributed by atoms with Gasteiger partial charge in [-0.05, 0) is 13.0 Å². The van der Waals surface area contributed by atoms with E-state index in [1.807, 2.05) is 6.92 Å². The SMILES string of the molecule is CCCNC(CCOc1cc(F)cc(F)c1)C(=O)OC. The first kappa shape index (κ1) is 16.4. The predicted molar refractivity (Wildman–Crippen MR) is 70.6 cm³/mol. The summed E-state index contributed by atoms with van der Waals surface area (Å²) < 4.78 is 35.8. The standard InChI is InChI=1S/C14H19F2NO3/c1-3-5-17-13(14(18)19-2)4-6-20-12-8-10(15)7-11(16)9-12/h7-9,13,17H,3-6H2,1-2H3. The Labute approximate surface area is 117 Å². The van der Waals surface area contributed by atoms with Gasteiger partial charge in [0.15, 0.2) is 0 Å². The third-order valence-electron chi connectivity index (χ3n) is 2.64. The van der Waals surface area contributed by atoms with E-state index in [2.05, 4.69) is 10.1 Å². The van der Waals surface area contributed by atoms with Crippen molar-refractivity contribution in [3.63, 3.8) is 0 Å². The molecular formula is C14H19F2NO3. The number of carbonyl (C=O) groups excluding carboxylic acids is 1. The largest absolute Gasteiger partial charge is 0.493 e. The number of esters is 1. The number of rotatable bonds is 8. The first-order chi connectivity index (χ1) is 9.56. The third kappa shape index (κ3) is 5.52. The summed E-state index contributed by atoms with van der Waals surface area (Å²) in [5.41, 5.74) is 0. The van der Waals surface area contributed by atoms with Crippen molar-refractivity contribution in [2.75, 3.05) is 20.3 Å². The first-order valence-corrected chi connectivity index (χ1v) is 6.47. The Morgan fingerprint density at radius 1 is 1.30 bits per heavy atom. The number of hydrogen-bond donors (Lipinski definition) is 1. The van der Waals surface area contributed by atoms with Crippen LogP contribution in [0.3, 0.4) is 0 Å². The van der Waals surface area contributed by atoms with Crippen molar-refractivity contribution in [3.8, 4) is 5.75 Å². The van der Waals surface area contributed by atoms with Crippen LogP contribution in [-0.4, -0.2) is 32.3 Å². The van der Waals surface area contributed by atoms with Gasteiger partial charge in [0, 0.05) is 24.6 Å². The zero-order valence-electron chi connectivity index (χ0n) is 11.6. The van der Waals surface area contributed by atoms with Crippen LogP contribution < -0.4 is 10.1 Å². The van der Waals surface area contributed by atoms with Crippen LogP contribution >= 0.6 is 0 Å². The molecule has 0 saturated heterocycles. The van der Waals surface area contributed by atoms with Gasteiger partial charge in [0.1, 0.15) is 23.4 Å². The molecule has 1 N–H and O–H groups in total. The molecule has 6 heteroatoms. The normalized spacial score (nSPS) is 12.0. The van der Waals surface area contributed by atoms with Gasteiger partial charge in [-0.15, -0.1) is 0 Å². The number of benzene rings is 1. The minimum Gasteiger partial charge on any atom is -0.493 e. The zero-order chi connectivity index (χ0) is 15.0. The van der Waals surface area contributed by atoms with E-state index >= 15 is 0 Å². The van der Waals surface area contributed by atoms with Crippen molar-refractivity contribution in [1.29, 1.82) is 0 Å². The smallest absolute Gasteiger partial charge is 0.322 e. The number of methoxy groups -OCH3 is 1. The van der Waals surface area contributed by atoms with E-state index in [4.69, 9.17) is 4.74 Å². The molecule has 0 radical (unpaired) electrons. The molecule has 1 atom stereocenters. The van der Waals surface area contributed by atoms with E-state index in [-0.39, 0.29) is 18.3 Å². The number of nitrogens with one attached hydrogen (secondary N) is 1. The lowest BCUT2D eigenvalue weighted by atomic mass is 10.2. The highest BCUT2D eigenvalue weighted by atomic mass is 19.1. The molecule has 0 bridgehead atoms. The number of ether oxygens (including phenoxy) is 2. The van der Waals surface area contributed by atoms with Crippen molar-refractivity contribution < 1.29 is 23.0 Å². The van der Waals surface area contributed by atoms with Crippen LogP contribution in [0.2, 0.25) is 0 Å². The molecule has 0 spiro atoms. The minimum atomic E-state index is -0.700.